The van der Waals surface area contributed by atoms with E-state index in [4.69, 9.17) is 0 Å². The quantitative estimate of drug-likeness (QED) is 0.711. The monoisotopic (exact) mass is 381 g/mol. The van der Waals surface area contributed by atoms with Crippen LogP contribution in [0.5, 0.6) is 0 Å². The molecule has 2 aromatic carbocycles. The van der Waals surface area contributed by atoms with Gasteiger partial charge in [0.2, 0.25) is 0 Å². The number of benzene rings is 2. The van der Waals surface area contributed by atoms with E-state index in [0.717, 1.165) is 10.9 Å². The van der Waals surface area contributed by atoms with Gasteiger partial charge < -0.3 is 4.90 Å². The summed E-state index contributed by atoms with van der Waals surface area (Å²) in [5.74, 6) is 0. The van der Waals surface area contributed by atoms with Crippen molar-refractivity contribution in [3.05, 3.63) is 54.1 Å². The Morgan fingerprint density at radius 3 is 1.36 bits per heavy atom. The van der Waals surface area contributed by atoms with Crippen LogP contribution in [0.3, 0.4) is 0 Å². The lowest BCUT2D eigenvalue weighted by molar-refractivity contribution is -0.137. The van der Waals surface area contributed by atoms with E-state index in [-0.39, 0.29) is 0 Å². The second kappa shape index (κ2) is 6.65. The summed E-state index contributed by atoms with van der Waals surface area (Å²) >= 11 is 0. The van der Waals surface area contributed by atoms with Gasteiger partial charge in [-0.25, -0.2) is 0 Å². The average molecular weight is 382 g/mol. The molecule has 0 bridgehead atoms. The maximum Gasteiger partial charge on any atom is 0.416 e. The number of nitrogens with zero attached hydrogens (tertiary/aromatic N) is 1. The van der Waals surface area contributed by atoms with Crippen molar-refractivity contribution < 1.29 is 13.2 Å². The topological polar surface area (TPSA) is 3.24 Å². The first kappa shape index (κ1) is 19.8. The highest BCUT2D eigenvalue weighted by Gasteiger charge is 2.44. The highest BCUT2D eigenvalue weighted by molar-refractivity contribution is 7.49. The van der Waals surface area contributed by atoms with E-state index in [9.17, 15) is 13.2 Å². The molecule has 0 fully saturated rings. The number of halogens is 3. The van der Waals surface area contributed by atoms with Crippen LogP contribution in [0.25, 0.3) is 0 Å². The van der Waals surface area contributed by atoms with Crippen molar-refractivity contribution in [2.75, 3.05) is 19.0 Å². The smallest absolute Gasteiger partial charge is 0.378 e. The maximum absolute atomic E-state index is 12.8. The predicted molar refractivity (Wildman–Crippen MR) is 106 cm³/mol. The van der Waals surface area contributed by atoms with E-state index in [0.29, 0.717) is 0 Å². The minimum absolute atomic E-state index is 0.573. The third kappa shape index (κ3) is 3.84. The first-order valence-electron chi connectivity index (χ1n) is 8.33. The van der Waals surface area contributed by atoms with Crippen LogP contribution in [0.2, 0.25) is 26.2 Å². The molecule has 0 radical (unpaired) electrons. The summed E-state index contributed by atoms with van der Waals surface area (Å²) in [4.78, 5) is 2.07. The Labute approximate surface area is 150 Å². The van der Waals surface area contributed by atoms with E-state index in [1.807, 2.05) is 14.1 Å². The van der Waals surface area contributed by atoms with E-state index in [1.165, 1.54) is 17.3 Å². The van der Waals surface area contributed by atoms with Crippen LogP contribution in [0.4, 0.5) is 18.9 Å². The molecule has 0 amide bonds. The maximum atomic E-state index is 12.8. The van der Waals surface area contributed by atoms with Crippen LogP contribution in [0.1, 0.15) is 5.56 Å². The molecule has 0 unspecified atom stereocenters. The van der Waals surface area contributed by atoms with Crippen molar-refractivity contribution >= 4 is 31.2 Å². The lowest BCUT2D eigenvalue weighted by atomic mass is 10.2. The van der Waals surface area contributed by atoms with Gasteiger partial charge in [-0.3, -0.25) is 0 Å². The molecular formula is C19H26F3NSi2. The summed E-state index contributed by atoms with van der Waals surface area (Å²) in [6, 6.07) is 14.5. The lowest BCUT2D eigenvalue weighted by Gasteiger charge is -2.39. The first-order valence-corrected chi connectivity index (χ1v) is 15.3. The molecule has 0 saturated carbocycles. The van der Waals surface area contributed by atoms with Crippen molar-refractivity contribution in [3.63, 3.8) is 0 Å². The number of anilines is 1. The number of rotatable bonds is 4. The van der Waals surface area contributed by atoms with E-state index < -0.39 is 26.9 Å². The fourth-order valence-corrected chi connectivity index (χ4v) is 11.7. The Morgan fingerprint density at radius 2 is 1.04 bits per heavy atom. The highest BCUT2D eigenvalue weighted by atomic mass is 29.3. The van der Waals surface area contributed by atoms with Crippen LogP contribution in [-0.4, -0.2) is 29.3 Å². The zero-order chi connectivity index (χ0) is 19.0. The van der Waals surface area contributed by atoms with Crippen molar-refractivity contribution in [2.45, 2.75) is 32.4 Å². The first-order chi connectivity index (χ1) is 11.4. The number of hydrogen-bond acceptors (Lipinski definition) is 1. The molecule has 0 aliphatic carbocycles. The molecule has 0 heterocycles. The highest BCUT2D eigenvalue weighted by Crippen LogP contribution is 2.29. The zero-order valence-electron chi connectivity index (χ0n) is 15.7. The number of alkyl halides is 3. The van der Waals surface area contributed by atoms with Crippen LogP contribution >= 0.6 is 0 Å². The van der Waals surface area contributed by atoms with Crippen molar-refractivity contribution in [3.8, 4) is 0 Å². The third-order valence-electron chi connectivity index (χ3n) is 5.60. The molecule has 2 rings (SSSR count). The second-order valence-electron chi connectivity index (χ2n) is 7.77. The van der Waals surface area contributed by atoms with Gasteiger partial charge in [-0.2, -0.15) is 13.2 Å². The van der Waals surface area contributed by atoms with Crippen LogP contribution in [0.15, 0.2) is 48.5 Å². The van der Waals surface area contributed by atoms with Crippen LogP contribution in [-0.2, 0) is 6.18 Å². The van der Waals surface area contributed by atoms with Gasteiger partial charge in [-0.1, -0.05) is 73.0 Å². The molecule has 0 spiro atoms. The van der Waals surface area contributed by atoms with Gasteiger partial charge in [0.15, 0.2) is 0 Å². The van der Waals surface area contributed by atoms with Gasteiger partial charge in [0.25, 0.3) is 0 Å². The predicted octanol–water partition coefficient (Wildman–Crippen LogP) is 4.38. The minimum atomic E-state index is -4.28. The van der Waals surface area contributed by atoms with Crippen molar-refractivity contribution in [1.82, 2.24) is 0 Å². The van der Waals surface area contributed by atoms with Crippen molar-refractivity contribution in [2.24, 2.45) is 0 Å². The summed E-state index contributed by atoms with van der Waals surface area (Å²) in [6.07, 6.45) is -4.28. The van der Waals surface area contributed by atoms with E-state index in [2.05, 4.69) is 55.4 Å². The SMILES string of the molecule is CN(C)c1ccc([Si](C)(C)[Si](C)(C)c2ccc(C(F)(F)F)cc2)cc1. The van der Waals surface area contributed by atoms with Gasteiger partial charge in [-0.15, -0.1) is 0 Å². The summed E-state index contributed by atoms with van der Waals surface area (Å²) in [6.45, 7) is 9.23. The lowest BCUT2D eigenvalue weighted by Crippen LogP contribution is -2.69. The van der Waals surface area contributed by atoms with Gasteiger partial charge in [0, 0.05) is 19.8 Å². The van der Waals surface area contributed by atoms with Crippen molar-refractivity contribution in [1.29, 1.82) is 0 Å². The standard InChI is InChI=1S/C19H26F3NSi2/c1-23(2)16-9-13-18(14-10-16)25(5,6)24(3,4)17-11-7-15(8-12-17)19(20,21)22/h7-14H,1-6H3. The molecule has 1 nitrogen and oxygen atoms in total. The molecule has 6 heteroatoms. The average Bonchev–Trinajstić information content (AvgIpc) is 2.54. The Bertz CT molecular complexity index is 718. The van der Waals surface area contributed by atoms with Gasteiger partial charge >= 0.3 is 6.18 Å². The fraction of sp³-hybridized carbons (Fsp3) is 0.368. The molecule has 0 atom stereocenters. The van der Waals surface area contributed by atoms with Crippen LogP contribution in [0, 0.1) is 0 Å². The Hall–Kier alpha value is -1.54. The fourth-order valence-electron chi connectivity index (χ4n) is 2.97. The molecule has 0 aromatic heterocycles. The molecule has 2 aromatic rings. The molecule has 0 aliphatic rings. The van der Waals surface area contributed by atoms with Gasteiger partial charge in [0.05, 0.1) is 20.7 Å². The Kier molecular flexibility index (Phi) is 5.26. The largest absolute Gasteiger partial charge is 0.416 e. The summed E-state index contributed by atoms with van der Waals surface area (Å²) < 4.78 is 38.5. The Morgan fingerprint density at radius 1 is 0.680 bits per heavy atom. The summed E-state index contributed by atoms with van der Waals surface area (Å²) in [5.41, 5.74) is 0.582. The number of hydrogen-bond donors (Lipinski definition) is 0. The summed E-state index contributed by atoms with van der Waals surface area (Å²) in [5, 5.41) is 2.45. The minimum Gasteiger partial charge on any atom is -0.378 e. The molecule has 0 aliphatic heterocycles. The summed E-state index contributed by atoms with van der Waals surface area (Å²) in [7, 11) is 0.278. The Balaban J connectivity index is 2.39. The molecule has 136 valence electrons. The molecular weight excluding hydrogens is 355 g/mol. The molecule has 25 heavy (non-hydrogen) atoms. The zero-order valence-corrected chi connectivity index (χ0v) is 17.7. The normalized spacial score (nSPS) is 13.0. The molecule has 0 saturated heterocycles. The molecule has 0 N–H and O–H groups in total. The van der Waals surface area contributed by atoms with Crippen LogP contribution < -0.4 is 15.3 Å². The van der Waals surface area contributed by atoms with Gasteiger partial charge in [-0.05, 0) is 12.1 Å². The van der Waals surface area contributed by atoms with Gasteiger partial charge in [0.1, 0.15) is 0 Å². The third-order valence-corrected chi connectivity index (χ3v) is 23.4. The van der Waals surface area contributed by atoms with E-state index in [1.54, 1.807) is 12.1 Å². The second-order valence-corrected chi connectivity index (χ2v) is 22.9. The van der Waals surface area contributed by atoms with E-state index >= 15 is 0 Å².